The van der Waals surface area contributed by atoms with Gasteiger partial charge in [0.25, 0.3) is 0 Å². The summed E-state index contributed by atoms with van der Waals surface area (Å²) < 4.78 is 7.91. The molecule has 0 amide bonds. The molecular weight excluding hydrogens is 364 g/mol. The molecule has 1 aromatic carbocycles. The molecule has 2 aliphatic rings. The summed E-state index contributed by atoms with van der Waals surface area (Å²) in [6.07, 6.45) is 6.62. The van der Waals surface area contributed by atoms with Crippen LogP contribution in [0.15, 0.2) is 59.6 Å². The first-order chi connectivity index (χ1) is 14.1. The maximum absolute atomic E-state index is 9.83. The first-order valence-electron chi connectivity index (χ1n) is 10.0. The number of nitrogens with one attached hydrogen (secondary N) is 1. The molecule has 1 aromatic heterocycles. The number of nitrogens with zero attached hydrogens (tertiary/aromatic N) is 4. The van der Waals surface area contributed by atoms with Crippen LogP contribution < -0.4 is 11.2 Å². The van der Waals surface area contributed by atoms with Crippen molar-refractivity contribution in [1.82, 2.24) is 20.0 Å². The number of aromatic nitrogens is 2. The largest absolute Gasteiger partial charge is 0.423 e. The smallest absolute Gasteiger partial charge is 0.213 e. The summed E-state index contributed by atoms with van der Waals surface area (Å²) in [5, 5.41) is 11.7. The molecule has 4 rings (SSSR count). The Morgan fingerprint density at radius 1 is 1.28 bits per heavy atom. The monoisotopic (exact) mass is 390 g/mol. The molecule has 0 aliphatic carbocycles. The molecule has 7 heteroatoms. The lowest BCUT2D eigenvalue weighted by atomic mass is 9.80. The van der Waals surface area contributed by atoms with Gasteiger partial charge in [0.2, 0.25) is 11.8 Å². The Labute approximate surface area is 171 Å². The Balaban J connectivity index is 1.77. The van der Waals surface area contributed by atoms with E-state index in [1.807, 2.05) is 24.5 Å². The van der Waals surface area contributed by atoms with Gasteiger partial charge in [-0.1, -0.05) is 32.4 Å². The van der Waals surface area contributed by atoms with E-state index < -0.39 is 0 Å². The predicted molar refractivity (Wildman–Crippen MR) is 110 cm³/mol. The summed E-state index contributed by atoms with van der Waals surface area (Å²) >= 11 is 0. The fraction of sp³-hybridized carbons (Fsp3) is 0.364. The van der Waals surface area contributed by atoms with E-state index in [2.05, 4.69) is 59.2 Å². The zero-order chi connectivity index (χ0) is 20.5. The first-order valence-corrected chi connectivity index (χ1v) is 10.0. The predicted octanol–water partition coefficient (Wildman–Crippen LogP) is 3.07. The van der Waals surface area contributed by atoms with Crippen molar-refractivity contribution in [2.75, 3.05) is 7.05 Å². The van der Waals surface area contributed by atoms with Crippen LogP contribution in [-0.4, -0.2) is 27.6 Å². The van der Waals surface area contributed by atoms with Crippen LogP contribution in [0.5, 0.6) is 0 Å². The number of hydrogen-bond donors (Lipinski definition) is 2. The Bertz CT molecular complexity index is 1010. The third-order valence-electron chi connectivity index (χ3n) is 5.58. The summed E-state index contributed by atoms with van der Waals surface area (Å²) in [6.45, 7) is 4.24. The van der Waals surface area contributed by atoms with Gasteiger partial charge in [-0.15, -0.1) is 0 Å². The lowest BCUT2D eigenvalue weighted by Crippen LogP contribution is -2.35. The molecule has 2 aromatic rings. The van der Waals surface area contributed by atoms with Gasteiger partial charge in [-0.3, -0.25) is 5.01 Å². The highest BCUT2D eigenvalue weighted by Gasteiger charge is 2.42. The van der Waals surface area contributed by atoms with E-state index in [1.165, 1.54) is 0 Å². The topological polar surface area (TPSA) is 92.1 Å². The van der Waals surface area contributed by atoms with Crippen molar-refractivity contribution in [3.05, 3.63) is 71.0 Å². The molecule has 3 heterocycles. The van der Waals surface area contributed by atoms with Gasteiger partial charge >= 0.3 is 0 Å². The highest BCUT2D eigenvalue weighted by atomic mass is 16.5. The molecule has 150 valence electrons. The van der Waals surface area contributed by atoms with Crippen molar-refractivity contribution in [3.8, 4) is 11.8 Å². The van der Waals surface area contributed by atoms with Crippen LogP contribution >= 0.6 is 0 Å². The molecule has 29 heavy (non-hydrogen) atoms. The van der Waals surface area contributed by atoms with Crippen LogP contribution in [0.2, 0.25) is 0 Å². The number of nitriles is 1. The van der Waals surface area contributed by atoms with Crippen LogP contribution in [0.25, 0.3) is 5.69 Å². The van der Waals surface area contributed by atoms with Crippen LogP contribution in [0, 0.1) is 11.3 Å². The van der Waals surface area contributed by atoms with Crippen LogP contribution in [0.1, 0.15) is 44.0 Å². The number of aryl methyl sites for hydroxylation is 1. The van der Waals surface area contributed by atoms with Crippen molar-refractivity contribution < 1.29 is 4.74 Å². The Morgan fingerprint density at radius 2 is 2.03 bits per heavy atom. The molecular formula is C22H26N6O. The van der Waals surface area contributed by atoms with Gasteiger partial charge in [0.15, 0.2) is 0 Å². The second-order valence-electron chi connectivity index (χ2n) is 7.37. The minimum atomic E-state index is -0.222. The zero-order valence-electron chi connectivity index (χ0n) is 17.0. The van der Waals surface area contributed by atoms with Crippen LogP contribution in [-0.2, 0) is 11.2 Å². The summed E-state index contributed by atoms with van der Waals surface area (Å²) in [5.74, 6) is 1.67. The Morgan fingerprint density at radius 3 is 2.69 bits per heavy atom. The average Bonchev–Trinajstić information content (AvgIpc) is 3.32. The van der Waals surface area contributed by atoms with Gasteiger partial charge in [0, 0.05) is 37.1 Å². The van der Waals surface area contributed by atoms with Crippen LogP contribution in [0.3, 0.4) is 0 Å². The molecule has 0 saturated heterocycles. The molecule has 2 atom stereocenters. The zero-order valence-corrected chi connectivity index (χ0v) is 17.0. The molecule has 0 saturated carbocycles. The second kappa shape index (κ2) is 7.64. The van der Waals surface area contributed by atoms with E-state index >= 15 is 0 Å². The van der Waals surface area contributed by atoms with Gasteiger partial charge in [-0.25, -0.2) is 10.4 Å². The molecule has 2 unspecified atom stereocenters. The molecule has 0 fully saturated rings. The third kappa shape index (κ3) is 3.15. The number of rotatable bonds is 5. The molecule has 3 N–H and O–H groups in total. The summed E-state index contributed by atoms with van der Waals surface area (Å²) in [5.41, 5.74) is 13.2. The number of hydrazine groups is 1. The number of benzene rings is 1. The van der Waals surface area contributed by atoms with Crippen molar-refractivity contribution >= 4 is 0 Å². The highest BCUT2D eigenvalue weighted by Crippen LogP contribution is 2.44. The molecule has 0 spiro atoms. The van der Waals surface area contributed by atoms with Gasteiger partial charge in [-0.2, -0.15) is 5.26 Å². The fourth-order valence-corrected chi connectivity index (χ4v) is 4.25. The normalized spacial score (nSPS) is 21.2. The summed E-state index contributed by atoms with van der Waals surface area (Å²) in [4.78, 5) is 4.40. The third-order valence-corrected chi connectivity index (χ3v) is 5.58. The Kier molecular flexibility index (Phi) is 5.03. The number of hydrogen-bond acceptors (Lipinski definition) is 6. The van der Waals surface area contributed by atoms with Gasteiger partial charge < -0.3 is 15.0 Å². The van der Waals surface area contributed by atoms with E-state index in [0.717, 1.165) is 41.9 Å². The Hall–Kier alpha value is -3.24. The van der Waals surface area contributed by atoms with Gasteiger partial charge in [0.05, 0.1) is 12.0 Å². The van der Waals surface area contributed by atoms with Crippen molar-refractivity contribution in [3.63, 3.8) is 0 Å². The first kappa shape index (κ1) is 19.1. The van der Waals surface area contributed by atoms with Crippen LogP contribution in [0.4, 0.5) is 0 Å². The number of nitrogens with two attached hydrogens (primary N) is 1. The van der Waals surface area contributed by atoms with Crippen molar-refractivity contribution in [2.24, 2.45) is 5.73 Å². The number of ether oxygens (including phenoxy) is 1. The maximum atomic E-state index is 9.83. The minimum absolute atomic E-state index is 0.112. The number of imidazole rings is 1. The standard InChI is InChI=1S/C22H26N6O/c1-4-6-17-20-19(16(13-23)21(24)29-22(20)27(3)26-17)14-7-9-15(10-8-14)28-12-11-25-18(28)5-2/h7-12,17,19,26H,4-6,24H2,1-3H3. The van der Waals surface area contributed by atoms with E-state index in [-0.39, 0.29) is 17.8 Å². The molecule has 7 nitrogen and oxygen atoms in total. The molecule has 0 radical (unpaired) electrons. The van der Waals surface area contributed by atoms with Gasteiger partial charge in [-0.05, 0) is 24.1 Å². The van der Waals surface area contributed by atoms with E-state index in [4.69, 9.17) is 10.5 Å². The fourth-order valence-electron chi connectivity index (χ4n) is 4.25. The maximum Gasteiger partial charge on any atom is 0.213 e. The van der Waals surface area contributed by atoms with E-state index in [9.17, 15) is 5.26 Å². The second-order valence-corrected chi connectivity index (χ2v) is 7.37. The summed E-state index contributed by atoms with van der Waals surface area (Å²) in [6, 6.07) is 10.7. The number of allylic oxidation sites excluding steroid dienone is 1. The van der Waals surface area contributed by atoms with E-state index in [0.29, 0.717) is 11.5 Å². The van der Waals surface area contributed by atoms with E-state index in [1.54, 1.807) is 0 Å². The average molecular weight is 390 g/mol. The van der Waals surface area contributed by atoms with Crippen molar-refractivity contribution in [1.29, 1.82) is 5.26 Å². The SMILES string of the molecule is CCCC1NN(C)C2=C1C(c1ccc(-n3ccnc3CC)cc1)C(C#N)=C(N)O2. The lowest BCUT2D eigenvalue weighted by molar-refractivity contribution is 0.152. The summed E-state index contributed by atoms with van der Waals surface area (Å²) in [7, 11) is 1.92. The highest BCUT2D eigenvalue weighted by molar-refractivity contribution is 5.52. The minimum Gasteiger partial charge on any atom is -0.423 e. The van der Waals surface area contributed by atoms with Gasteiger partial charge in [0.1, 0.15) is 17.5 Å². The van der Waals surface area contributed by atoms with Crippen molar-refractivity contribution in [2.45, 2.75) is 45.1 Å². The quantitative estimate of drug-likeness (QED) is 0.815. The molecule has 2 aliphatic heterocycles. The molecule has 0 bridgehead atoms. The lowest BCUT2D eigenvalue weighted by Gasteiger charge is -2.28.